The first-order chi connectivity index (χ1) is 35.8. The van der Waals surface area contributed by atoms with E-state index in [1.807, 2.05) is 52.5 Å². The number of piperidine rings is 2. The van der Waals surface area contributed by atoms with E-state index in [-0.39, 0.29) is 46.2 Å². The van der Waals surface area contributed by atoms with Crippen LogP contribution in [0.1, 0.15) is 149 Å². The van der Waals surface area contributed by atoms with Crippen molar-refractivity contribution in [3.05, 3.63) is 118 Å². The standard InChI is InChI=1S/C16H22F2N2O.C16H20F2N2.C16H21F2NO2.C4H6BrN.C4H10ClO3P/c1-16(2,3)20(9-5-4-8-19)11-15(21)13-7-6-12(17)10-14(13)18;1-16(2,3)20-8-7-15(19-4)13(10-20)12-6-5-11(17)9-14(12)18;1-16(2,3)19-7-6-12(15(20)21)13(9-19)11-5-4-10(17)8-14(11)18;5-3-1-2-4-6;1-3-7-9(5,6)8-4-2/h6-7,10,15,21H,4-5,9,11H2,1-3H3;5-6,9,13,15H,7-8,10H2,1-3H3;4-5,8,12-13H,6-7,9H2,1-3H3,(H,20,21);1-3H2;3-4H2,1-2H3/t15-;13-,15?;12-,13+;;/m101../s1. The lowest BCUT2D eigenvalue weighted by atomic mass is 9.79. The molecule has 430 valence electrons. The zero-order valence-electron chi connectivity index (χ0n) is 46.4. The first kappa shape index (κ1) is 71.0. The van der Waals surface area contributed by atoms with Crippen molar-refractivity contribution in [3.63, 3.8) is 0 Å². The van der Waals surface area contributed by atoms with Crippen LogP contribution in [0.3, 0.4) is 0 Å². The fourth-order valence-corrected chi connectivity index (χ4v) is 9.96. The molecule has 5 rings (SSSR count). The first-order valence-electron chi connectivity index (χ1n) is 25.6. The van der Waals surface area contributed by atoms with E-state index in [1.54, 1.807) is 13.8 Å². The van der Waals surface area contributed by atoms with Crippen molar-refractivity contribution in [2.75, 3.05) is 57.8 Å². The van der Waals surface area contributed by atoms with Crippen molar-refractivity contribution in [1.82, 2.24) is 14.7 Å². The van der Waals surface area contributed by atoms with E-state index in [4.69, 9.17) is 28.3 Å². The Labute approximate surface area is 466 Å². The Morgan fingerprint density at radius 2 is 1.23 bits per heavy atom. The van der Waals surface area contributed by atoms with Crippen molar-refractivity contribution in [2.45, 2.75) is 155 Å². The molecule has 0 bridgehead atoms. The molecular weight excluding hydrogens is 1110 g/mol. The summed E-state index contributed by atoms with van der Waals surface area (Å²) in [6.07, 6.45) is 2.92. The average molecular weight is 1190 g/mol. The van der Waals surface area contributed by atoms with Crippen LogP contribution in [0.25, 0.3) is 4.85 Å². The maximum atomic E-state index is 14.0. The number of aliphatic hydroxyl groups is 1. The zero-order chi connectivity index (χ0) is 58.9. The molecule has 21 heteroatoms. The molecule has 77 heavy (non-hydrogen) atoms. The predicted octanol–water partition coefficient (Wildman–Crippen LogP) is 14.6. The maximum Gasteiger partial charge on any atom is 0.424 e. The molecule has 0 amide bonds. The summed E-state index contributed by atoms with van der Waals surface area (Å²) in [6, 6.07) is 14.1. The highest BCUT2D eigenvalue weighted by Gasteiger charge is 2.41. The number of carboxylic acid groups (broad SMARTS) is 1. The molecule has 2 fully saturated rings. The van der Waals surface area contributed by atoms with E-state index in [0.717, 1.165) is 49.0 Å². The number of halogens is 8. The Balaban J connectivity index is 0.000000510. The molecule has 2 heterocycles. The van der Waals surface area contributed by atoms with Crippen LogP contribution < -0.4 is 0 Å². The molecule has 2 saturated heterocycles. The van der Waals surface area contributed by atoms with E-state index in [0.29, 0.717) is 70.6 Å². The van der Waals surface area contributed by atoms with Crippen molar-refractivity contribution in [1.29, 1.82) is 10.5 Å². The molecule has 0 aromatic heterocycles. The van der Waals surface area contributed by atoms with Crippen LogP contribution in [0, 0.1) is 70.1 Å². The summed E-state index contributed by atoms with van der Waals surface area (Å²) in [5.74, 6) is -6.04. The van der Waals surface area contributed by atoms with E-state index < -0.39 is 65.8 Å². The minimum absolute atomic E-state index is 0.0121. The molecule has 0 saturated carbocycles. The third kappa shape index (κ3) is 25.7. The molecule has 5 atom stereocenters. The SMILES string of the molecule is CC(C)(C)N(CCCC#N)C[C@@H](O)c1ccc(F)cc1F.CC(C)(C)N1CC[C@@H](C(=O)O)[C@H](c2ccc(F)cc2F)C1.CCOP(=O)(Cl)OCC.N#CCCCBr.[C-]#[N+]C1CCN(C(C)(C)C)C[C@H]1c1ccc(F)cc1F. The molecule has 2 aliphatic heterocycles. The van der Waals surface area contributed by atoms with Crippen LogP contribution in [0.2, 0.25) is 0 Å². The van der Waals surface area contributed by atoms with Crippen molar-refractivity contribution < 1.29 is 55.0 Å². The van der Waals surface area contributed by atoms with Gasteiger partial charge in [-0.25, -0.2) is 37.5 Å². The molecule has 1 unspecified atom stereocenters. The van der Waals surface area contributed by atoms with Crippen LogP contribution in [0.5, 0.6) is 0 Å². The number of hydrogen-bond acceptors (Lipinski definition) is 10. The number of aliphatic hydroxyl groups excluding tert-OH is 1. The summed E-state index contributed by atoms with van der Waals surface area (Å²) < 4.78 is 101. The molecule has 2 N–H and O–H groups in total. The Kier molecular flexibility index (Phi) is 31.5. The number of alkyl halides is 1. The van der Waals surface area contributed by atoms with E-state index in [2.05, 4.69) is 66.5 Å². The second kappa shape index (κ2) is 34.2. The third-order valence-electron chi connectivity index (χ3n) is 12.7. The van der Waals surface area contributed by atoms with Gasteiger partial charge < -0.3 is 15.1 Å². The van der Waals surface area contributed by atoms with Gasteiger partial charge in [-0.1, -0.05) is 34.1 Å². The summed E-state index contributed by atoms with van der Waals surface area (Å²) in [5, 5.41) is 37.1. The normalized spacial score (nSPS) is 18.5. The fraction of sp³-hybridized carbons (Fsp3) is 0.607. The molecule has 12 nitrogen and oxygen atoms in total. The fourth-order valence-electron chi connectivity index (χ4n) is 8.41. The number of likely N-dealkylation sites (tertiary alicyclic amines) is 2. The number of rotatable bonds is 15. The lowest BCUT2D eigenvalue weighted by Gasteiger charge is -2.44. The first-order valence-corrected chi connectivity index (χ1v) is 29.1. The Bertz CT molecular complexity index is 2450. The number of carbonyl (C=O) groups is 1. The minimum atomic E-state index is -3.22. The topological polar surface area (TPSA) is 155 Å². The van der Waals surface area contributed by atoms with E-state index >= 15 is 0 Å². The number of hydrogen-bond donors (Lipinski definition) is 2. The predicted molar refractivity (Wildman–Crippen MR) is 294 cm³/mol. The zero-order valence-corrected chi connectivity index (χ0v) is 49.6. The molecule has 0 radical (unpaired) electrons. The summed E-state index contributed by atoms with van der Waals surface area (Å²) in [6.45, 7) is 30.1. The number of β-amino-alcohol motifs (C(OH)–C–C–N with tert-alkyl or cyclic N) is 1. The highest BCUT2D eigenvalue weighted by Crippen LogP contribution is 2.53. The van der Waals surface area contributed by atoms with Crippen LogP contribution in [0.4, 0.5) is 26.3 Å². The lowest BCUT2D eigenvalue weighted by molar-refractivity contribution is -0.144. The second-order valence-electron chi connectivity index (χ2n) is 21.3. The Morgan fingerprint density at radius 3 is 1.62 bits per heavy atom. The highest BCUT2D eigenvalue weighted by molar-refractivity contribution is 9.09. The highest BCUT2D eigenvalue weighted by atomic mass is 79.9. The van der Waals surface area contributed by atoms with Gasteiger partial charge in [-0.05, 0) is 132 Å². The van der Waals surface area contributed by atoms with Gasteiger partial charge in [-0.2, -0.15) is 10.5 Å². The van der Waals surface area contributed by atoms with Crippen LogP contribution in [-0.4, -0.2) is 111 Å². The number of aliphatic carboxylic acids is 1. The summed E-state index contributed by atoms with van der Waals surface area (Å²) in [4.78, 5) is 21.5. The minimum Gasteiger partial charge on any atom is -0.481 e. The van der Waals surface area contributed by atoms with Crippen molar-refractivity contribution in [2.24, 2.45) is 5.92 Å². The molecule has 3 aromatic carbocycles. The average Bonchev–Trinajstić information content (AvgIpc) is 3.32. The van der Waals surface area contributed by atoms with Crippen LogP contribution >= 0.6 is 34.1 Å². The molecular formula is C56H79BrClF6N6O6P. The lowest BCUT2D eigenvalue weighted by Crippen LogP contribution is -2.50. The monoisotopic (exact) mass is 1190 g/mol. The van der Waals surface area contributed by atoms with E-state index in [1.165, 1.54) is 30.3 Å². The van der Waals surface area contributed by atoms with Crippen LogP contribution in [-0.2, 0) is 18.4 Å². The second-order valence-corrected chi connectivity index (χ2v) is 24.7. The quantitative estimate of drug-likeness (QED) is 0.0491. The summed E-state index contributed by atoms with van der Waals surface area (Å²) >= 11 is 8.45. The number of benzene rings is 3. The molecule has 3 aromatic rings. The molecule has 2 aliphatic rings. The number of unbranched alkanes of at least 4 members (excludes halogenated alkanes) is 2. The van der Waals surface area contributed by atoms with Gasteiger partial charge in [-0.3, -0.25) is 28.5 Å². The number of nitriles is 2. The smallest absolute Gasteiger partial charge is 0.424 e. The van der Waals surface area contributed by atoms with Gasteiger partial charge in [0.05, 0.1) is 43.3 Å². The summed E-state index contributed by atoms with van der Waals surface area (Å²) in [7, 11) is 0. The van der Waals surface area contributed by atoms with Gasteiger partial charge in [0, 0.05) is 114 Å². The molecule has 0 aliphatic carbocycles. The Morgan fingerprint density at radius 1 is 0.792 bits per heavy atom. The van der Waals surface area contributed by atoms with Gasteiger partial charge in [0.15, 0.2) is 0 Å². The van der Waals surface area contributed by atoms with Gasteiger partial charge in [0.1, 0.15) is 34.9 Å². The van der Waals surface area contributed by atoms with Gasteiger partial charge >= 0.3 is 12.9 Å². The number of nitrogens with zero attached hydrogens (tertiary/aromatic N) is 6. The van der Waals surface area contributed by atoms with Crippen molar-refractivity contribution in [3.8, 4) is 12.1 Å². The number of carboxylic acids is 1. The van der Waals surface area contributed by atoms with E-state index in [9.17, 15) is 45.9 Å². The van der Waals surface area contributed by atoms with Crippen LogP contribution in [0.15, 0.2) is 54.6 Å². The van der Waals surface area contributed by atoms with Crippen molar-refractivity contribution >= 4 is 40.1 Å². The molecule has 0 spiro atoms. The van der Waals surface area contributed by atoms with Gasteiger partial charge in [-0.15, -0.1) is 0 Å². The van der Waals surface area contributed by atoms with Gasteiger partial charge in [0.2, 0.25) is 6.04 Å². The maximum absolute atomic E-state index is 14.0. The third-order valence-corrected chi connectivity index (χ3v) is 14.9. The summed E-state index contributed by atoms with van der Waals surface area (Å²) in [5.41, 5.74) is 0.498. The Hall–Kier alpha value is -4.06. The van der Waals surface area contributed by atoms with Gasteiger partial charge in [0.25, 0.3) is 0 Å². The largest absolute Gasteiger partial charge is 0.481 e.